The fourth-order valence-corrected chi connectivity index (χ4v) is 1.88. The second-order valence-electron chi connectivity index (χ2n) is 4.68. The number of likely N-dealkylation sites (N-methyl/N-ethyl adjacent to an activating group) is 1. The summed E-state index contributed by atoms with van der Waals surface area (Å²) in [5.74, 6) is 0.812. The Hall–Kier alpha value is -1.06. The van der Waals surface area contributed by atoms with Gasteiger partial charge in [0.1, 0.15) is 0 Å². The highest BCUT2D eigenvalue weighted by molar-refractivity contribution is 14.0. The van der Waals surface area contributed by atoms with E-state index in [0.29, 0.717) is 19.0 Å². The number of nitrogens with one attached hydrogen (secondary N) is 1. The molecule has 1 saturated heterocycles. The lowest BCUT2D eigenvalue weighted by Gasteiger charge is -2.36. The fourth-order valence-electron chi connectivity index (χ4n) is 1.88. The summed E-state index contributed by atoms with van der Waals surface area (Å²) in [7, 11) is 5.14. The van der Waals surface area contributed by atoms with Crippen LogP contribution in [-0.2, 0) is 9.59 Å². The molecule has 1 N–H and O–H groups in total. The smallest absolute Gasteiger partial charge is 0.241 e. The van der Waals surface area contributed by atoms with Crippen LogP contribution in [0.25, 0.3) is 0 Å². The van der Waals surface area contributed by atoms with Crippen LogP contribution >= 0.6 is 24.0 Å². The third kappa shape index (κ3) is 5.51. The van der Waals surface area contributed by atoms with Crippen LogP contribution in [0.4, 0.5) is 0 Å². The highest BCUT2D eigenvalue weighted by Gasteiger charge is 2.21. The number of hydrogen-bond donors (Lipinski definition) is 1. The van der Waals surface area contributed by atoms with E-state index < -0.39 is 0 Å². The highest BCUT2D eigenvalue weighted by atomic mass is 127. The summed E-state index contributed by atoms with van der Waals surface area (Å²) in [6, 6.07) is 0. The van der Waals surface area contributed by atoms with Crippen molar-refractivity contribution < 1.29 is 9.59 Å². The van der Waals surface area contributed by atoms with Crippen molar-refractivity contribution in [2.45, 2.75) is 6.92 Å². The molecule has 0 saturated carbocycles. The second kappa shape index (κ2) is 8.98. The van der Waals surface area contributed by atoms with Crippen LogP contribution in [0.5, 0.6) is 0 Å². The van der Waals surface area contributed by atoms with Crippen LogP contribution in [-0.4, -0.2) is 86.3 Å². The molecule has 1 heterocycles. The molecule has 1 fully saturated rings. The Morgan fingerprint density at radius 3 is 2.05 bits per heavy atom. The van der Waals surface area contributed by atoms with E-state index in [4.69, 9.17) is 0 Å². The average molecular weight is 397 g/mol. The number of nitrogens with zero attached hydrogens (tertiary/aromatic N) is 4. The van der Waals surface area contributed by atoms with Crippen LogP contribution in [0.2, 0.25) is 0 Å². The molecule has 0 aromatic rings. The van der Waals surface area contributed by atoms with Crippen LogP contribution < -0.4 is 5.32 Å². The predicted octanol–water partition coefficient (Wildman–Crippen LogP) is -0.568. The fraction of sp³-hybridized carbons (Fsp3) is 0.750. The van der Waals surface area contributed by atoms with Gasteiger partial charge in [-0.15, -0.1) is 24.0 Å². The number of hydrogen-bond acceptors (Lipinski definition) is 3. The number of rotatable bonds is 2. The van der Waals surface area contributed by atoms with Gasteiger partial charge >= 0.3 is 0 Å². The van der Waals surface area contributed by atoms with Gasteiger partial charge in [-0.2, -0.15) is 0 Å². The first-order valence-corrected chi connectivity index (χ1v) is 6.37. The third-order valence-corrected chi connectivity index (χ3v) is 3.13. The summed E-state index contributed by atoms with van der Waals surface area (Å²) >= 11 is 0. The molecule has 20 heavy (non-hydrogen) atoms. The van der Waals surface area contributed by atoms with Crippen molar-refractivity contribution in [1.82, 2.24) is 20.0 Å². The zero-order valence-corrected chi connectivity index (χ0v) is 14.9. The molecular weight excluding hydrogens is 373 g/mol. The first-order valence-electron chi connectivity index (χ1n) is 6.37. The molecule has 0 aliphatic carbocycles. The van der Waals surface area contributed by atoms with E-state index in [1.165, 1.54) is 4.90 Å². The second-order valence-corrected chi connectivity index (χ2v) is 4.68. The quantitative estimate of drug-likeness (QED) is 0.385. The van der Waals surface area contributed by atoms with Gasteiger partial charge in [-0.3, -0.25) is 14.6 Å². The molecule has 0 atom stereocenters. The standard InChI is InChI=1S/C12H23N5O2.HI/c1-10(18)16-5-7-17(8-6-16)12(13-2)14-9-11(19)15(3)4;/h5-9H2,1-4H3,(H,13,14);1H. The Morgan fingerprint density at radius 2 is 1.65 bits per heavy atom. The van der Waals surface area contributed by atoms with Crippen LogP contribution in [0, 0.1) is 0 Å². The first kappa shape index (κ1) is 18.9. The van der Waals surface area contributed by atoms with E-state index in [-0.39, 0.29) is 42.3 Å². The van der Waals surface area contributed by atoms with Gasteiger partial charge in [-0.25, -0.2) is 0 Å². The van der Waals surface area contributed by atoms with Crippen molar-refractivity contribution in [2.24, 2.45) is 4.99 Å². The number of carbonyl (C=O) groups is 2. The van der Waals surface area contributed by atoms with Gasteiger partial charge < -0.3 is 20.0 Å². The Morgan fingerprint density at radius 1 is 1.15 bits per heavy atom. The molecule has 0 aromatic carbocycles. The summed E-state index contributed by atoms with van der Waals surface area (Å²) in [5.41, 5.74) is 0. The number of amides is 2. The molecule has 8 heteroatoms. The number of carbonyl (C=O) groups excluding carboxylic acids is 2. The van der Waals surface area contributed by atoms with Crippen molar-refractivity contribution in [3.05, 3.63) is 0 Å². The molecule has 116 valence electrons. The topological polar surface area (TPSA) is 68.2 Å². The number of piperazine rings is 1. The lowest BCUT2D eigenvalue weighted by molar-refractivity contribution is -0.130. The zero-order chi connectivity index (χ0) is 14.4. The molecule has 0 spiro atoms. The van der Waals surface area contributed by atoms with Gasteiger partial charge in [0.15, 0.2) is 5.96 Å². The summed E-state index contributed by atoms with van der Waals surface area (Å²) in [6.07, 6.45) is 0. The monoisotopic (exact) mass is 397 g/mol. The molecule has 0 radical (unpaired) electrons. The molecule has 0 bridgehead atoms. The minimum Gasteiger partial charge on any atom is -0.347 e. The summed E-state index contributed by atoms with van der Waals surface area (Å²) in [6.45, 7) is 4.66. The van der Waals surface area contributed by atoms with E-state index in [1.54, 1.807) is 28.1 Å². The Bertz CT molecular complexity index is 365. The summed E-state index contributed by atoms with van der Waals surface area (Å²) in [5, 5.41) is 3.05. The Kier molecular flexibility index (Phi) is 8.51. The van der Waals surface area contributed by atoms with Crippen molar-refractivity contribution in [1.29, 1.82) is 0 Å². The van der Waals surface area contributed by atoms with E-state index in [0.717, 1.165) is 13.1 Å². The van der Waals surface area contributed by atoms with Gasteiger partial charge in [-0.05, 0) is 0 Å². The predicted molar refractivity (Wildman–Crippen MR) is 89.3 cm³/mol. The maximum Gasteiger partial charge on any atom is 0.241 e. The van der Waals surface area contributed by atoms with Gasteiger partial charge in [0.05, 0.1) is 6.54 Å². The van der Waals surface area contributed by atoms with E-state index >= 15 is 0 Å². The molecule has 1 rings (SSSR count). The summed E-state index contributed by atoms with van der Waals surface area (Å²) < 4.78 is 0. The molecule has 2 amide bonds. The number of guanidine groups is 1. The molecule has 1 aliphatic rings. The van der Waals surface area contributed by atoms with Gasteiger partial charge in [0.25, 0.3) is 0 Å². The third-order valence-electron chi connectivity index (χ3n) is 3.13. The molecule has 1 aliphatic heterocycles. The van der Waals surface area contributed by atoms with Gasteiger partial charge in [0, 0.05) is 54.2 Å². The lowest BCUT2D eigenvalue weighted by atomic mass is 10.3. The van der Waals surface area contributed by atoms with Crippen molar-refractivity contribution >= 4 is 41.8 Å². The maximum atomic E-state index is 11.5. The number of aliphatic imine (C=N–C) groups is 1. The van der Waals surface area contributed by atoms with Gasteiger partial charge in [-0.1, -0.05) is 0 Å². The molecular formula is C12H24IN5O2. The zero-order valence-electron chi connectivity index (χ0n) is 12.5. The van der Waals surface area contributed by atoms with E-state index in [1.807, 2.05) is 4.90 Å². The Balaban J connectivity index is 0.00000361. The molecule has 0 aromatic heterocycles. The maximum absolute atomic E-state index is 11.5. The minimum atomic E-state index is 0. The molecule has 7 nitrogen and oxygen atoms in total. The highest BCUT2D eigenvalue weighted by Crippen LogP contribution is 2.02. The van der Waals surface area contributed by atoms with Crippen LogP contribution in [0.3, 0.4) is 0 Å². The van der Waals surface area contributed by atoms with Crippen molar-refractivity contribution in [3.63, 3.8) is 0 Å². The Labute approximate surface area is 137 Å². The first-order chi connectivity index (χ1) is 8.95. The van der Waals surface area contributed by atoms with Crippen LogP contribution in [0.1, 0.15) is 6.92 Å². The largest absolute Gasteiger partial charge is 0.347 e. The minimum absolute atomic E-state index is 0. The lowest BCUT2D eigenvalue weighted by Crippen LogP contribution is -2.54. The van der Waals surface area contributed by atoms with E-state index in [9.17, 15) is 9.59 Å². The van der Waals surface area contributed by atoms with E-state index in [2.05, 4.69) is 15.2 Å². The normalized spacial score (nSPS) is 15.5. The van der Waals surface area contributed by atoms with Crippen LogP contribution in [0.15, 0.2) is 4.99 Å². The summed E-state index contributed by atoms with van der Waals surface area (Å²) in [4.78, 5) is 32.3. The molecule has 0 unspecified atom stereocenters. The van der Waals surface area contributed by atoms with Crippen molar-refractivity contribution in [3.8, 4) is 0 Å². The van der Waals surface area contributed by atoms with Crippen molar-refractivity contribution in [2.75, 3.05) is 53.9 Å². The SMILES string of the molecule is CN=C(NCC(=O)N(C)C)N1CCN(C(C)=O)CC1.I. The number of halogens is 1. The van der Waals surface area contributed by atoms with Gasteiger partial charge in [0.2, 0.25) is 11.8 Å². The average Bonchev–Trinajstić information content (AvgIpc) is 2.39.